The zero-order chi connectivity index (χ0) is 15.3. The summed E-state index contributed by atoms with van der Waals surface area (Å²) in [5.74, 6) is 1.60. The fourth-order valence-electron chi connectivity index (χ4n) is 1.90. The molecule has 0 aromatic heterocycles. The topological polar surface area (TPSA) is 39.7 Å². The first-order valence-electron chi connectivity index (χ1n) is 7.90. The third-order valence-corrected chi connectivity index (χ3v) is 3.24. The number of aryl methyl sites for hydroxylation is 1. The molecule has 120 valence electrons. The Morgan fingerprint density at radius 2 is 1.81 bits per heavy atom. The number of rotatable bonds is 12. The molecule has 0 saturated heterocycles. The van der Waals surface area contributed by atoms with Crippen molar-refractivity contribution in [2.75, 3.05) is 40.0 Å². The smallest absolute Gasteiger partial charge is 0.161 e. The van der Waals surface area contributed by atoms with Crippen molar-refractivity contribution < 1.29 is 14.2 Å². The lowest BCUT2D eigenvalue weighted by molar-refractivity contribution is 0.132. The molecule has 0 atom stereocenters. The molecule has 0 bridgehead atoms. The van der Waals surface area contributed by atoms with Gasteiger partial charge in [0.15, 0.2) is 11.5 Å². The second-order valence-corrected chi connectivity index (χ2v) is 4.90. The molecule has 0 aliphatic rings. The molecular formula is C17H29NO3. The number of hydrogen-bond donors (Lipinski definition) is 1. The lowest BCUT2D eigenvalue weighted by Crippen LogP contribution is -2.25. The summed E-state index contributed by atoms with van der Waals surface area (Å²) in [5.41, 5.74) is 1.25. The Morgan fingerprint density at radius 3 is 2.52 bits per heavy atom. The second kappa shape index (κ2) is 11.4. The Kier molecular flexibility index (Phi) is 9.66. The summed E-state index contributed by atoms with van der Waals surface area (Å²) < 4.78 is 16.6. The number of hydrogen-bond acceptors (Lipinski definition) is 4. The first-order chi connectivity index (χ1) is 10.3. The summed E-state index contributed by atoms with van der Waals surface area (Å²) in [6.45, 7) is 8.19. The molecule has 1 rings (SSSR count). The van der Waals surface area contributed by atoms with Gasteiger partial charge in [0.1, 0.15) is 6.61 Å². The molecule has 0 radical (unpaired) electrons. The van der Waals surface area contributed by atoms with E-state index in [1.807, 2.05) is 12.1 Å². The van der Waals surface area contributed by atoms with Gasteiger partial charge < -0.3 is 19.5 Å². The molecule has 0 amide bonds. The van der Waals surface area contributed by atoms with Crippen LogP contribution in [0.2, 0.25) is 0 Å². The molecule has 0 spiro atoms. The van der Waals surface area contributed by atoms with Gasteiger partial charge in [-0.15, -0.1) is 0 Å². The van der Waals surface area contributed by atoms with E-state index in [2.05, 4.69) is 25.2 Å². The van der Waals surface area contributed by atoms with Crippen LogP contribution in [0.25, 0.3) is 0 Å². The number of benzene rings is 1. The van der Waals surface area contributed by atoms with Gasteiger partial charge in [0.05, 0.1) is 13.7 Å². The third-order valence-electron chi connectivity index (χ3n) is 3.24. The van der Waals surface area contributed by atoms with Crippen LogP contribution in [0.5, 0.6) is 11.5 Å². The van der Waals surface area contributed by atoms with Crippen molar-refractivity contribution in [1.29, 1.82) is 0 Å². The Balaban J connectivity index is 2.15. The standard InChI is InChI=1S/C17H29NO3/c1-4-6-11-20-12-9-18-10-13-21-16-8-7-15(5-2)14-17(16)19-3/h7-8,14,18H,4-6,9-13H2,1-3H3. The van der Waals surface area contributed by atoms with Crippen LogP contribution >= 0.6 is 0 Å². The number of methoxy groups -OCH3 is 1. The van der Waals surface area contributed by atoms with E-state index in [9.17, 15) is 0 Å². The summed E-state index contributed by atoms with van der Waals surface area (Å²) in [6, 6.07) is 6.09. The molecule has 0 saturated carbocycles. The molecule has 4 nitrogen and oxygen atoms in total. The monoisotopic (exact) mass is 295 g/mol. The van der Waals surface area contributed by atoms with Gasteiger partial charge in [0, 0.05) is 19.7 Å². The summed E-state index contributed by atoms with van der Waals surface area (Å²) in [7, 11) is 1.67. The normalized spacial score (nSPS) is 10.6. The Hall–Kier alpha value is -1.26. The van der Waals surface area contributed by atoms with E-state index in [0.29, 0.717) is 6.61 Å². The summed E-state index contributed by atoms with van der Waals surface area (Å²) in [6.07, 6.45) is 3.31. The molecule has 4 heteroatoms. The van der Waals surface area contributed by atoms with Gasteiger partial charge in [-0.3, -0.25) is 0 Å². The minimum Gasteiger partial charge on any atom is -0.493 e. The zero-order valence-corrected chi connectivity index (χ0v) is 13.6. The van der Waals surface area contributed by atoms with E-state index >= 15 is 0 Å². The van der Waals surface area contributed by atoms with Crippen molar-refractivity contribution >= 4 is 0 Å². The van der Waals surface area contributed by atoms with Crippen LogP contribution in [0.15, 0.2) is 18.2 Å². The van der Waals surface area contributed by atoms with Gasteiger partial charge in [0.25, 0.3) is 0 Å². The zero-order valence-electron chi connectivity index (χ0n) is 13.6. The SMILES string of the molecule is CCCCOCCNCCOc1ccc(CC)cc1OC. The number of unbranched alkanes of at least 4 members (excludes halogenated alkanes) is 1. The fourth-order valence-corrected chi connectivity index (χ4v) is 1.90. The summed E-state index contributed by atoms with van der Waals surface area (Å²) in [5, 5.41) is 3.30. The van der Waals surface area contributed by atoms with E-state index in [0.717, 1.165) is 50.6 Å². The molecule has 1 N–H and O–H groups in total. The minimum absolute atomic E-state index is 0.622. The lowest BCUT2D eigenvalue weighted by atomic mass is 10.1. The van der Waals surface area contributed by atoms with Crippen LogP contribution in [-0.4, -0.2) is 40.0 Å². The third kappa shape index (κ3) is 7.34. The van der Waals surface area contributed by atoms with Crippen molar-refractivity contribution in [2.45, 2.75) is 33.1 Å². The molecule has 0 aliphatic carbocycles. The molecule has 1 aromatic carbocycles. The summed E-state index contributed by atoms with van der Waals surface area (Å²) >= 11 is 0. The van der Waals surface area contributed by atoms with Crippen LogP contribution < -0.4 is 14.8 Å². The van der Waals surface area contributed by atoms with Crippen molar-refractivity contribution in [2.24, 2.45) is 0 Å². The van der Waals surface area contributed by atoms with E-state index in [-0.39, 0.29) is 0 Å². The second-order valence-electron chi connectivity index (χ2n) is 4.90. The highest BCUT2D eigenvalue weighted by molar-refractivity contribution is 5.42. The van der Waals surface area contributed by atoms with E-state index in [1.54, 1.807) is 7.11 Å². The molecule has 21 heavy (non-hydrogen) atoms. The van der Waals surface area contributed by atoms with Crippen molar-refractivity contribution in [1.82, 2.24) is 5.32 Å². The van der Waals surface area contributed by atoms with Gasteiger partial charge in [-0.25, -0.2) is 0 Å². The Labute approximate surface area is 128 Å². The van der Waals surface area contributed by atoms with Gasteiger partial charge in [-0.2, -0.15) is 0 Å². The highest BCUT2D eigenvalue weighted by atomic mass is 16.5. The highest BCUT2D eigenvalue weighted by Gasteiger charge is 2.04. The van der Waals surface area contributed by atoms with E-state index in [4.69, 9.17) is 14.2 Å². The Bertz CT molecular complexity index is 382. The van der Waals surface area contributed by atoms with Crippen molar-refractivity contribution in [3.63, 3.8) is 0 Å². The van der Waals surface area contributed by atoms with Crippen LogP contribution in [0, 0.1) is 0 Å². The highest BCUT2D eigenvalue weighted by Crippen LogP contribution is 2.28. The van der Waals surface area contributed by atoms with Gasteiger partial charge >= 0.3 is 0 Å². The maximum atomic E-state index is 5.74. The predicted molar refractivity (Wildman–Crippen MR) is 86.5 cm³/mol. The van der Waals surface area contributed by atoms with Crippen LogP contribution in [0.3, 0.4) is 0 Å². The van der Waals surface area contributed by atoms with Crippen molar-refractivity contribution in [3.05, 3.63) is 23.8 Å². The largest absolute Gasteiger partial charge is 0.493 e. The lowest BCUT2D eigenvalue weighted by Gasteiger charge is -2.12. The quantitative estimate of drug-likeness (QED) is 0.602. The van der Waals surface area contributed by atoms with Crippen LogP contribution in [0.1, 0.15) is 32.3 Å². The van der Waals surface area contributed by atoms with Gasteiger partial charge in [-0.05, 0) is 30.5 Å². The first-order valence-corrected chi connectivity index (χ1v) is 7.90. The van der Waals surface area contributed by atoms with Gasteiger partial charge in [-0.1, -0.05) is 26.3 Å². The van der Waals surface area contributed by atoms with Crippen LogP contribution in [0.4, 0.5) is 0 Å². The first kappa shape index (κ1) is 17.8. The molecule has 0 fully saturated rings. The molecule has 0 heterocycles. The average molecular weight is 295 g/mol. The van der Waals surface area contributed by atoms with Gasteiger partial charge in [0.2, 0.25) is 0 Å². The molecule has 0 aliphatic heterocycles. The van der Waals surface area contributed by atoms with E-state index in [1.165, 1.54) is 12.0 Å². The Morgan fingerprint density at radius 1 is 1.00 bits per heavy atom. The molecule has 0 unspecified atom stereocenters. The number of nitrogens with one attached hydrogen (secondary N) is 1. The number of ether oxygens (including phenoxy) is 3. The molecular weight excluding hydrogens is 266 g/mol. The maximum absolute atomic E-state index is 5.74. The fraction of sp³-hybridized carbons (Fsp3) is 0.647. The van der Waals surface area contributed by atoms with Crippen molar-refractivity contribution in [3.8, 4) is 11.5 Å². The molecule has 1 aromatic rings. The summed E-state index contributed by atoms with van der Waals surface area (Å²) in [4.78, 5) is 0. The maximum Gasteiger partial charge on any atom is 0.161 e. The van der Waals surface area contributed by atoms with Crippen LogP contribution in [-0.2, 0) is 11.2 Å². The average Bonchev–Trinajstić information content (AvgIpc) is 2.53. The predicted octanol–water partition coefficient (Wildman–Crippen LogP) is 3.04. The van der Waals surface area contributed by atoms with E-state index < -0.39 is 0 Å². The minimum atomic E-state index is 0.622.